The van der Waals surface area contributed by atoms with Crippen LogP contribution in [0.4, 0.5) is 4.39 Å². The monoisotopic (exact) mass is 186 g/mol. The maximum atomic E-state index is 13.3. The number of nitriles is 1. The van der Waals surface area contributed by atoms with Crippen LogP contribution in [0.2, 0.25) is 0 Å². The molecule has 2 aromatic rings. The summed E-state index contributed by atoms with van der Waals surface area (Å²) in [5, 5.41) is 9.46. The lowest BCUT2D eigenvalue weighted by molar-refractivity contribution is 0.636. The maximum absolute atomic E-state index is 13.3. The molecule has 2 rings (SSSR count). The molecule has 0 fully saturated rings. The molecule has 1 aromatic heterocycles. The van der Waals surface area contributed by atoms with Crippen molar-refractivity contribution in [2.24, 2.45) is 0 Å². The molecule has 0 aliphatic carbocycles. The minimum atomic E-state index is -0.386. The number of benzene rings is 1. The van der Waals surface area contributed by atoms with Gasteiger partial charge in [-0.3, -0.25) is 4.98 Å². The van der Waals surface area contributed by atoms with E-state index in [1.165, 1.54) is 12.1 Å². The van der Waals surface area contributed by atoms with E-state index in [9.17, 15) is 4.39 Å². The molecule has 1 heterocycles. The topological polar surface area (TPSA) is 36.7 Å². The zero-order valence-corrected chi connectivity index (χ0v) is 7.58. The Morgan fingerprint density at radius 1 is 1.36 bits per heavy atom. The average Bonchev–Trinajstić information content (AvgIpc) is 2.20. The highest BCUT2D eigenvalue weighted by molar-refractivity contribution is 5.87. The minimum Gasteiger partial charge on any atom is -0.253 e. The standard InChI is InChI=1S/C11H7FN2/c1-7-4-5-14-11-9(12)3-2-8(6-13)10(7)11/h2-5H,1H3. The number of aryl methyl sites for hydroxylation is 1. The summed E-state index contributed by atoms with van der Waals surface area (Å²) in [5.74, 6) is -0.386. The Morgan fingerprint density at radius 2 is 2.14 bits per heavy atom. The van der Waals surface area contributed by atoms with E-state index >= 15 is 0 Å². The van der Waals surface area contributed by atoms with Crippen LogP contribution in [0.25, 0.3) is 10.9 Å². The van der Waals surface area contributed by atoms with E-state index in [2.05, 4.69) is 4.98 Å². The van der Waals surface area contributed by atoms with Gasteiger partial charge in [0.05, 0.1) is 11.6 Å². The van der Waals surface area contributed by atoms with Crippen LogP contribution in [-0.4, -0.2) is 4.98 Å². The Kier molecular flexibility index (Phi) is 1.90. The molecule has 0 radical (unpaired) electrons. The number of hydrogen-bond acceptors (Lipinski definition) is 2. The Hall–Kier alpha value is -1.95. The summed E-state index contributed by atoms with van der Waals surface area (Å²) in [4.78, 5) is 3.92. The van der Waals surface area contributed by atoms with E-state index < -0.39 is 0 Å². The molecule has 0 atom stereocenters. The van der Waals surface area contributed by atoms with Crippen LogP contribution in [-0.2, 0) is 0 Å². The first-order chi connectivity index (χ1) is 6.74. The predicted octanol–water partition coefficient (Wildman–Crippen LogP) is 2.55. The van der Waals surface area contributed by atoms with Crippen LogP contribution >= 0.6 is 0 Å². The lowest BCUT2D eigenvalue weighted by Gasteiger charge is -2.03. The lowest BCUT2D eigenvalue weighted by Crippen LogP contribution is -1.90. The molecule has 0 aliphatic heterocycles. The normalized spacial score (nSPS) is 10.1. The van der Waals surface area contributed by atoms with E-state index in [-0.39, 0.29) is 11.3 Å². The quantitative estimate of drug-likeness (QED) is 0.634. The zero-order valence-electron chi connectivity index (χ0n) is 7.58. The molecule has 0 bridgehead atoms. The highest BCUT2D eigenvalue weighted by Gasteiger charge is 2.08. The van der Waals surface area contributed by atoms with Crippen molar-refractivity contribution in [1.82, 2.24) is 4.98 Å². The molecule has 1 aromatic carbocycles. The van der Waals surface area contributed by atoms with Gasteiger partial charge in [0.2, 0.25) is 0 Å². The average molecular weight is 186 g/mol. The highest BCUT2D eigenvalue weighted by Crippen LogP contribution is 2.22. The number of aromatic nitrogens is 1. The van der Waals surface area contributed by atoms with Gasteiger partial charge < -0.3 is 0 Å². The fraction of sp³-hybridized carbons (Fsp3) is 0.0909. The first kappa shape index (κ1) is 8.64. The lowest BCUT2D eigenvalue weighted by atomic mass is 10.0. The Labute approximate surface area is 80.6 Å². The van der Waals surface area contributed by atoms with Crippen molar-refractivity contribution in [3.63, 3.8) is 0 Å². The largest absolute Gasteiger partial charge is 0.253 e. The summed E-state index contributed by atoms with van der Waals surface area (Å²) in [5.41, 5.74) is 1.60. The number of hydrogen-bond donors (Lipinski definition) is 0. The number of rotatable bonds is 0. The highest BCUT2D eigenvalue weighted by atomic mass is 19.1. The van der Waals surface area contributed by atoms with E-state index in [0.29, 0.717) is 10.9 Å². The Bertz CT molecular complexity index is 541. The molecule has 2 nitrogen and oxygen atoms in total. The van der Waals surface area contributed by atoms with Crippen molar-refractivity contribution in [3.8, 4) is 6.07 Å². The second-order valence-corrected chi connectivity index (χ2v) is 3.06. The van der Waals surface area contributed by atoms with E-state index in [4.69, 9.17) is 5.26 Å². The molecule has 0 amide bonds. The Morgan fingerprint density at radius 3 is 2.86 bits per heavy atom. The molecule has 14 heavy (non-hydrogen) atoms. The van der Waals surface area contributed by atoms with Gasteiger partial charge in [0.15, 0.2) is 0 Å². The summed E-state index contributed by atoms with van der Waals surface area (Å²) < 4.78 is 13.3. The van der Waals surface area contributed by atoms with Crippen LogP contribution in [0.15, 0.2) is 24.4 Å². The molecule has 0 aliphatic rings. The molecular weight excluding hydrogens is 179 g/mol. The smallest absolute Gasteiger partial charge is 0.149 e. The summed E-state index contributed by atoms with van der Waals surface area (Å²) in [6, 6.07) is 6.55. The van der Waals surface area contributed by atoms with Gasteiger partial charge in [-0.25, -0.2) is 4.39 Å². The Balaban J connectivity index is 3.01. The molecule has 68 valence electrons. The zero-order chi connectivity index (χ0) is 10.1. The van der Waals surface area contributed by atoms with Crippen molar-refractivity contribution in [2.45, 2.75) is 6.92 Å². The van der Waals surface area contributed by atoms with E-state index in [1.54, 1.807) is 12.3 Å². The van der Waals surface area contributed by atoms with Crippen molar-refractivity contribution < 1.29 is 4.39 Å². The number of pyridine rings is 1. The molecule has 0 N–H and O–H groups in total. The molecule has 0 saturated carbocycles. The van der Waals surface area contributed by atoms with Crippen LogP contribution in [0, 0.1) is 24.1 Å². The third kappa shape index (κ3) is 1.12. The fourth-order valence-electron chi connectivity index (χ4n) is 1.49. The van der Waals surface area contributed by atoms with E-state index in [1.807, 2.05) is 13.0 Å². The van der Waals surface area contributed by atoms with Crippen LogP contribution in [0.5, 0.6) is 0 Å². The minimum absolute atomic E-state index is 0.268. The van der Waals surface area contributed by atoms with Crippen LogP contribution in [0.3, 0.4) is 0 Å². The van der Waals surface area contributed by atoms with Gasteiger partial charge in [-0.2, -0.15) is 5.26 Å². The molecule has 0 saturated heterocycles. The van der Waals surface area contributed by atoms with Gasteiger partial charge in [0.25, 0.3) is 0 Å². The third-order valence-corrected chi connectivity index (χ3v) is 2.17. The second-order valence-electron chi connectivity index (χ2n) is 3.06. The maximum Gasteiger partial charge on any atom is 0.149 e. The van der Waals surface area contributed by atoms with Gasteiger partial charge in [0.1, 0.15) is 11.3 Å². The molecule has 0 spiro atoms. The van der Waals surface area contributed by atoms with Gasteiger partial charge in [-0.05, 0) is 30.7 Å². The fourth-order valence-corrected chi connectivity index (χ4v) is 1.49. The van der Waals surface area contributed by atoms with Crippen molar-refractivity contribution in [1.29, 1.82) is 5.26 Å². The van der Waals surface area contributed by atoms with Gasteiger partial charge in [-0.1, -0.05) is 0 Å². The number of nitrogens with zero attached hydrogens (tertiary/aromatic N) is 2. The van der Waals surface area contributed by atoms with Gasteiger partial charge >= 0.3 is 0 Å². The summed E-state index contributed by atoms with van der Waals surface area (Å²) in [6.45, 7) is 1.84. The van der Waals surface area contributed by atoms with Gasteiger partial charge in [-0.15, -0.1) is 0 Å². The van der Waals surface area contributed by atoms with E-state index in [0.717, 1.165) is 5.56 Å². The molecule has 0 unspecified atom stereocenters. The van der Waals surface area contributed by atoms with Crippen molar-refractivity contribution in [3.05, 3.63) is 41.3 Å². The second kappa shape index (κ2) is 3.08. The van der Waals surface area contributed by atoms with Crippen LogP contribution < -0.4 is 0 Å². The summed E-state index contributed by atoms with van der Waals surface area (Å²) in [6.07, 6.45) is 1.54. The van der Waals surface area contributed by atoms with Crippen molar-refractivity contribution in [2.75, 3.05) is 0 Å². The van der Waals surface area contributed by atoms with Crippen LogP contribution in [0.1, 0.15) is 11.1 Å². The van der Waals surface area contributed by atoms with Gasteiger partial charge in [0, 0.05) is 11.6 Å². The molecule has 3 heteroatoms. The summed E-state index contributed by atoms with van der Waals surface area (Å²) in [7, 11) is 0. The third-order valence-electron chi connectivity index (χ3n) is 2.17. The number of fused-ring (bicyclic) bond motifs is 1. The first-order valence-corrected chi connectivity index (χ1v) is 4.18. The van der Waals surface area contributed by atoms with Crippen molar-refractivity contribution >= 4 is 10.9 Å². The summed E-state index contributed by atoms with van der Waals surface area (Å²) >= 11 is 0. The predicted molar refractivity (Wildman–Crippen MR) is 51.2 cm³/mol. The SMILES string of the molecule is Cc1ccnc2c(F)ccc(C#N)c12. The molecular formula is C11H7FN2. The number of halogens is 1. The first-order valence-electron chi connectivity index (χ1n) is 4.18.